The van der Waals surface area contributed by atoms with Gasteiger partial charge in [0.15, 0.2) is 6.23 Å². The Labute approximate surface area is 138 Å². The molecule has 4 atom stereocenters. The van der Waals surface area contributed by atoms with Crippen molar-refractivity contribution in [2.24, 2.45) is 0 Å². The molecule has 0 amide bonds. The van der Waals surface area contributed by atoms with Crippen LogP contribution in [0.4, 0.5) is 0 Å². The van der Waals surface area contributed by atoms with E-state index in [2.05, 4.69) is 9.88 Å². The van der Waals surface area contributed by atoms with Gasteiger partial charge in [-0.1, -0.05) is 0 Å². The van der Waals surface area contributed by atoms with Gasteiger partial charge in [-0.2, -0.15) is 0 Å². The Balaban J connectivity index is 1.92. The number of rotatable bonds is 5. The van der Waals surface area contributed by atoms with Crippen LogP contribution in [-0.2, 0) is 16.0 Å². The van der Waals surface area contributed by atoms with E-state index in [1.807, 2.05) is 0 Å². The highest BCUT2D eigenvalue weighted by atomic mass is 16.6. The van der Waals surface area contributed by atoms with Crippen LogP contribution in [0.2, 0.25) is 0 Å². The first-order chi connectivity index (χ1) is 11.5. The molecular weight excluding hydrogens is 318 g/mol. The second-order valence-electron chi connectivity index (χ2n) is 6.24. The van der Waals surface area contributed by atoms with E-state index in [4.69, 9.17) is 9.47 Å². The van der Waals surface area contributed by atoms with E-state index in [0.29, 0.717) is 12.1 Å². The van der Waals surface area contributed by atoms with Crippen molar-refractivity contribution in [3.05, 3.63) is 32.6 Å². The van der Waals surface area contributed by atoms with Gasteiger partial charge in [-0.25, -0.2) is 4.79 Å². The smallest absolute Gasteiger partial charge is 0.330 e. The van der Waals surface area contributed by atoms with Gasteiger partial charge in [0.1, 0.15) is 18.3 Å². The molecule has 1 unspecified atom stereocenters. The number of aromatic nitrogens is 2. The molecule has 9 heteroatoms. The summed E-state index contributed by atoms with van der Waals surface area (Å²) in [7, 11) is 1.39. The summed E-state index contributed by atoms with van der Waals surface area (Å²) in [6.07, 6.45) is 0.0161. The standard InChI is InChI=1S/C15H23N3O6/c1-23-12-11(20)10(8-19)24-14(12)18-7-9(13(21)16-15(18)22)6-17-4-2-3-5-17/h7,10-12,14,19-20H,2-6,8H2,1H3,(H,16,21,22)/t10-,11+,12?,14-/m1/s1. The van der Waals surface area contributed by atoms with Gasteiger partial charge in [-0.3, -0.25) is 19.2 Å². The summed E-state index contributed by atoms with van der Waals surface area (Å²) >= 11 is 0. The first-order valence-electron chi connectivity index (χ1n) is 8.09. The molecule has 3 rings (SSSR count). The largest absolute Gasteiger partial charge is 0.394 e. The number of nitrogens with zero attached hydrogens (tertiary/aromatic N) is 2. The Hall–Kier alpha value is -1.52. The molecule has 2 fully saturated rings. The second-order valence-corrected chi connectivity index (χ2v) is 6.24. The molecule has 134 valence electrons. The lowest BCUT2D eigenvalue weighted by molar-refractivity contribution is -0.0627. The van der Waals surface area contributed by atoms with Crippen molar-refractivity contribution in [3.8, 4) is 0 Å². The molecule has 0 aromatic carbocycles. The number of nitrogens with one attached hydrogen (secondary N) is 1. The van der Waals surface area contributed by atoms with E-state index in [-0.39, 0.29) is 0 Å². The molecule has 0 radical (unpaired) electrons. The van der Waals surface area contributed by atoms with Crippen LogP contribution in [-0.4, -0.2) is 69.8 Å². The number of aliphatic hydroxyl groups excluding tert-OH is 2. The van der Waals surface area contributed by atoms with Crippen molar-refractivity contribution in [3.63, 3.8) is 0 Å². The Kier molecular flexibility index (Phi) is 5.16. The lowest BCUT2D eigenvalue weighted by Gasteiger charge is -2.21. The van der Waals surface area contributed by atoms with E-state index in [0.717, 1.165) is 25.9 Å². The van der Waals surface area contributed by atoms with E-state index < -0.39 is 42.4 Å². The third-order valence-corrected chi connectivity index (χ3v) is 4.67. The predicted molar refractivity (Wildman–Crippen MR) is 83.6 cm³/mol. The normalized spacial score (nSPS) is 31.0. The second kappa shape index (κ2) is 7.16. The number of likely N-dealkylation sites (tertiary alicyclic amines) is 1. The number of hydrogen-bond acceptors (Lipinski definition) is 7. The van der Waals surface area contributed by atoms with Crippen LogP contribution < -0.4 is 11.2 Å². The van der Waals surface area contributed by atoms with Gasteiger partial charge in [0.2, 0.25) is 0 Å². The van der Waals surface area contributed by atoms with E-state index in [9.17, 15) is 19.8 Å². The minimum Gasteiger partial charge on any atom is -0.394 e. The fourth-order valence-electron chi connectivity index (χ4n) is 3.36. The lowest BCUT2D eigenvalue weighted by atomic mass is 10.1. The van der Waals surface area contributed by atoms with Crippen LogP contribution in [0.5, 0.6) is 0 Å². The van der Waals surface area contributed by atoms with Crippen LogP contribution in [0.15, 0.2) is 15.8 Å². The Bertz CT molecular complexity index is 681. The molecule has 2 saturated heterocycles. The van der Waals surface area contributed by atoms with Crippen molar-refractivity contribution >= 4 is 0 Å². The summed E-state index contributed by atoms with van der Waals surface area (Å²) in [5.41, 5.74) is -0.603. The molecule has 24 heavy (non-hydrogen) atoms. The SMILES string of the molecule is COC1[C@@H](O)[C@@H](CO)O[C@H]1n1cc(CN2CCCC2)c(=O)[nH]c1=O. The molecule has 3 N–H and O–H groups in total. The number of hydrogen-bond donors (Lipinski definition) is 3. The number of aromatic amines is 1. The molecule has 2 aliphatic rings. The highest BCUT2D eigenvalue weighted by Crippen LogP contribution is 2.30. The maximum atomic E-state index is 12.2. The molecule has 1 aromatic rings. The van der Waals surface area contributed by atoms with E-state index in [1.54, 1.807) is 0 Å². The zero-order chi connectivity index (χ0) is 17.3. The third kappa shape index (κ3) is 3.17. The molecule has 1 aromatic heterocycles. The Morgan fingerprint density at radius 3 is 2.71 bits per heavy atom. The molecule has 0 saturated carbocycles. The summed E-state index contributed by atoms with van der Waals surface area (Å²) < 4.78 is 12.0. The molecule has 0 spiro atoms. The van der Waals surface area contributed by atoms with Crippen molar-refractivity contribution in [1.82, 2.24) is 14.5 Å². The summed E-state index contributed by atoms with van der Waals surface area (Å²) in [5.74, 6) is 0. The zero-order valence-corrected chi connectivity index (χ0v) is 13.6. The van der Waals surface area contributed by atoms with Gasteiger partial charge in [0.25, 0.3) is 5.56 Å². The molecule has 2 aliphatic heterocycles. The summed E-state index contributed by atoms with van der Waals surface area (Å²) in [6, 6.07) is 0. The van der Waals surface area contributed by atoms with Crippen LogP contribution >= 0.6 is 0 Å². The molecule has 3 heterocycles. The van der Waals surface area contributed by atoms with Gasteiger partial charge < -0.3 is 19.7 Å². The first kappa shape index (κ1) is 17.3. The zero-order valence-electron chi connectivity index (χ0n) is 13.6. The first-order valence-corrected chi connectivity index (χ1v) is 8.09. The van der Waals surface area contributed by atoms with E-state index in [1.165, 1.54) is 17.9 Å². The van der Waals surface area contributed by atoms with Gasteiger partial charge in [0, 0.05) is 25.4 Å². The molecule has 0 aliphatic carbocycles. The minimum absolute atomic E-state index is 0.393. The summed E-state index contributed by atoms with van der Waals surface area (Å²) in [5, 5.41) is 19.4. The minimum atomic E-state index is -1.06. The fraction of sp³-hybridized carbons (Fsp3) is 0.733. The quantitative estimate of drug-likeness (QED) is 0.590. The number of aliphatic hydroxyl groups is 2. The fourth-order valence-corrected chi connectivity index (χ4v) is 3.36. The Morgan fingerprint density at radius 2 is 2.08 bits per heavy atom. The number of ether oxygens (including phenoxy) is 2. The molecular formula is C15H23N3O6. The van der Waals surface area contributed by atoms with Crippen molar-refractivity contribution in [2.45, 2.75) is 43.9 Å². The van der Waals surface area contributed by atoms with Crippen molar-refractivity contribution in [2.75, 3.05) is 26.8 Å². The highest BCUT2D eigenvalue weighted by molar-refractivity contribution is 5.06. The molecule has 9 nitrogen and oxygen atoms in total. The summed E-state index contributed by atoms with van der Waals surface area (Å²) in [4.78, 5) is 28.7. The monoisotopic (exact) mass is 341 g/mol. The van der Waals surface area contributed by atoms with Crippen LogP contribution in [0.3, 0.4) is 0 Å². The van der Waals surface area contributed by atoms with Gasteiger partial charge in [-0.05, 0) is 25.9 Å². The van der Waals surface area contributed by atoms with E-state index >= 15 is 0 Å². The maximum absolute atomic E-state index is 12.2. The number of methoxy groups -OCH3 is 1. The van der Waals surface area contributed by atoms with Crippen molar-refractivity contribution < 1.29 is 19.7 Å². The van der Waals surface area contributed by atoms with Crippen LogP contribution in [0.1, 0.15) is 24.6 Å². The Morgan fingerprint density at radius 1 is 1.38 bits per heavy atom. The average Bonchev–Trinajstić information content (AvgIpc) is 3.17. The highest BCUT2D eigenvalue weighted by Gasteiger charge is 2.45. The maximum Gasteiger partial charge on any atom is 0.330 e. The van der Waals surface area contributed by atoms with Gasteiger partial charge >= 0.3 is 5.69 Å². The summed E-state index contributed by atoms with van der Waals surface area (Å²) in [6.45, 7) is 1.90. The van der Waals surface area contributed by atoms with Crippen molar-refractivity contribution in [1.29, 1.82) is 0 Å². The topological polar surface area (TPSA) is 117 Å². The lowest BCUT2D eigenvalue weighted by Crippen LogP contribution is -2.40. The molecule has 0 bridgehead atoms. The third-order valence-electron chi connectivity index (χ3n) is 4.67. The predicted octanol–water partition coefficient (Wildman–Crippen LogP) is -1.60. The van der Waals surface area contributed by atoms with Crippen LogP contribution in [0.25, 0.3) is 0 Å². The number of H-pyrrole nitrogens is 1. The van der Waals surface area contributed by atoms with Crippen LogP contribution in [0, 0.1) is 0 Å². The van der Waals surface area contributed by atoms with Gasteiger partial charge in [-0.15, -0.1) is 0 Å². The average molecular weight is 341 g/mol. The van der Waals surface area contributed by atoms with Gasteiger partial charge in [0.05, 0.1) is 6.61 Å².